The zero-order chi connectivity index (χ0) is 13.7. The lowest BCUT2D eigenvalue weighted by molar-refractivity contribution is 0.293. The number of benzene rings is 1. The molecule has 0 saturated heterocycles. The number of aryl methyl sites for hydroxylation is 1. The molecule has 0 aliphatic carbocycles. The average Bonchev–Trinajstić information content (AvgIpc) is 2.45. The van der Waals surface area contributed by atoms with Crippen LogP contribution >= 0.6 is 0 Å². The summed E-state index contributed by atoms with van der Waals surface area (Å²) in [5.74, 6) is 0.779. The van der Waals surface area contributed by atoms with Crippen LogP contribution in [0.15, 0.2) is 42.5 Å². The van der Waals surface area contributed by atoms with Gasteiger partial charge in [-0.05, 0) is 30.7 Å². The van der Waals surface area contributed by atoms with E-state index in [1.807, 2.05) is 49.4 Å². The second kappa shape index (κ2) is 6.00. The van der Waals surface area contributed by atoms with Crippen molar-refractivity contribution in [3.63, 3.8) is 0 Å². The van der Waals surface area contributed by atoms with Crippen molar-refractivity contribution >= 4 is 5.90 Å². The number of rotatable bonds is 4. The maximum Gasteiger partial charge on any atom is 0.213 e. The molecule has 4 nitrogen and oxygen atoms in total. The van der Waals surface area contributed by atoms with Gasteiger partial charge >= 0.3 is 0 Å². The van der Waals surface area contributed by atoms with Crippen LogP contribution in [0.4, 0.5) is 0 Å². The summed E-state index contributed by atoms with van der Waals surface area (Å²) in [7, 11) is 1.49. The first-order chi connectivity index (χ1) is 9.19. The fourth-order valence-corrected chi connectivity index (χ4v) is 1.63. The first-order valence-electron chi connectivity index (χ1n) is 5.97. The Balaban J connectivity index is 1.98. The van der Waals surface area contributed by atoms with Gasteiger partial charge in [0.15, 0.2) is 0 Å². The maximum atomic E-state index is 7.55. The predicted octanol–water partition coefficient (Wildman–Crippen LogP) is 2.94. The molecule has 4 heteroatoms. The van der Waals surface area contributed by atoms with Gasteiger partial charge in [-0.25, -0.2) is 4.98 Å². The summed E-state index contributed by atoms with van der Waals surface area (Å²) < 4.78 is 10.5. The Morgan fingerprint density at radius 2 is 1.89 bits per heavy atom. The van der Waals surface area contributed by atoms with Gasteiger partial charge in [0, 0.05) is 17.3 Å². The molecule has 0 unspecified atom stereocenters. The van der Waals surface area contributed by atoms with Crippen molar-refractivity contribution in [3.05, 3.63) is 59.3 Å². The topological polar surface area (TPSA) is 55.2 Å². The fraction of sp³-hybridized carbons (Fsp3) is 0.200. The number of nitrogens with one attached hydrogen (secondary N) is 1. The second-order valence-corrected chi connectivity index (χ2v) is 4.14. The standard InChI is InChI=1S/C15H16N2O2/c1-11-4-3-5-14(17-11)19-10-12-6-8-13(9-7-12)15(16)18-2/h3-9,16H,10H2,1-2H3. The number of aromatic nitrogens is 1. The summed E-state index contributed by atoms with van der Waals surface area (Å²) in [6.45, 7) is 2.38. The molecule has 0 saturated carbocycles. The van der Waals surface area contributed by atoms with Crippen molar-refractivity contribution in [3.8, 4) is 5.88 Å². The number of nitrogens with zero attached hydrogens (tertiary/aromatic N) is 1. The monoisotopic (exact) mass is 256 g/mol. The minimum absolute atomic E-state index is 0.160. The van der Waals surface area contributed by atoms with Gasteiger partial charge < -0.3 is 9.47 Å². The van der Waals surface area contributed by atoms with E-state index in [0.717, 1.165) is 16.8 Å². The van der Waals surface area contributed by atoms with Crippen LogP contribution in [0.5, 0.6) is 5.88 Å². The smallest absolute Gasteiger partial charge is 0.213 e. The molecular weight excluding hydrogens is 240 g/mol. The van der Waals surface area contributed by atoms with Crippen LogP contribution in [0.25, 0.3) is 0 Å². The summed E-state index contributed by atoms with van der Waals surface area (Å²) >= 11 is 0. The number of ether oxygens (including phenoxy) is 2. The van der Waals surface area contributed by atoms with E-state index in [9.17, 15) is 0 Å². The lowest BCUT2D eigenvalue weighted by Crippen LogP contribution is -2.02. The van der Waals surface area contributed by atoms with Crippen LogP contribution in [0.3, 0.4) is 0 Å². The molecule has 0 bridgehead atoms. The minimum Gasteiger partial charge on any atom is -0.481 e. The van der Waals surface area contributed by atoms with Gasteiger partial charge in [0.25, 0.3) is 0 Å². The zero-order valence-corrected chi connectivity index (χ0v) is 11.0. The van der Waals surface area contributed by atoms with E-state index in [1.54, 1.807) is 0 Å². The molecule has 0 aliphatic rings. The van der Waals surface area contributed by atoms with Crippen LogP contribution in [0.1, 0.15) is 16.8 Å². The Labute approximate surface area is 112 Å². The molecule has 0 amide bonds. The lowest BCUT2D eigenvalue weighted by Gasteiger charge is -2.07. The zero-order valence-electron chi connectivity index (χ0n) is 11.0. The van der Waals surface area contributed by atoms with E-state index >= 15 is 0 Å². The van der Waals surface area contributed by atoms with Gasteiger partial charge in [-0.2, -0.15) is 0 Å². The molecule has 1 heterocycles. The van der Waals surface area contributed by atoms with Crippen LogP contribution in [-0.4, -0.2) is 18.0 Å². The number of methoxy groups -OCH3 is 1. The first-order valence-corrected chi connectivity index (χ1v) is 5.97. The highest BCUT2D eigenvalue weighted by Gasteiger charge is 2.01. The third-order valence-corrected chi connectivity index (χ3v) is 2.67. The Morgan fingerprint density at radius 1 is 1.16 bits per heavy atom. The van der Waals surface area contributed by atoms with Crippen LogP contribution in [0, 0.1) is 12.3 Å². The van der Waals surface area contributed by atoms with Crippen molar-refractivity contribution in [1.82, 2.24) is 4.98 Å². The first kappa shape index (κ1) is 13.1. The van der Waals surface area contributed by atoms with E-state index in [1.165, 1.54) is 7.11 Å². The molecule has 19 heavy (non-hydrogen) atoms. The van der Waals surface area contributed by atoms with Crippen LogP contribution < -0.4 is 4.74 Å². The molecule has 0 fully saturated rings. The summed E-state index contributed by atoms with van der Waals surface area (Å²) in [5.41, 5.74) is 2.71. The molecule has 1 N–H and O–H groups in total. The number of hydrogen-bond donors (Lipinski definition) is 1. The number of pyridine rings is 1. The largest absolute Gasteiger partial charge is 0.481 e. The van der Waals surface area contributed by atoms with Gasteiger partial charge in [0.05, 0.1) is 7.11 Å². The third-order valence-electron chi connectivity index (χ3n) is 2.67. The van der Waals surface area contributed by atoms with E-state index in [2.05, 4.69) is 4.98 Å². The van der Waals surface area contributed by atoms with Crippen molar-refractivity contribution in [2.75, 3.05) is 7.11 Å². The highest BCUT2D eigenvalue weighted by molar-refractivity contribution is 5.91. The Kier molecular flexibility index (Phi) is 4.13. The molecule has 0 atom stereocenters. The Hall–Kier alpha value is -2.36. The van der Waals surface area contributed by atoms with Crippen molar-refractivity contribution in [2.45, 2.75) is 13.5 Å². The SMILES string of the molecule is COC(=N)c1ccc(COc2cccc(C)n2)cc1. The number of hydrogen-bond acceptors (Lipinski definition) is 4. The van der Waals surface area contributed by atoms with E-state index in [0.29, 0.717) is 12.5 Å². The van der Waals surface area contributed by atoms with Crippen molar-refractivity contribution < 1.29 is 9.47 Å². The van der Waals surface area contributed by atoms with Gasteiger partial charge in [-0.1, -0.05) is 18.2 Å². The van der Waals surface area contributed by atoms with Crippen molar-refractivity contribution in [1.29, 1.82) is 5.41 Å². The molecule has 0 aliphatic heterocycles. The molecule has 2 rings (SSSR count). The molecule has 98 valence electrons. The summed E-state index contributed by atoms with van der Waals surface area (Å²) in [4.78, 5) is 4.27. The fourth-order valence-electron chi connectivity index (χ4n) is 1.63. The second-order valence-electron chi connectivity index (χ2n) is 4.14. The van der Waals surface area contributed by atoms with Crippen LogP contribution in [-0.2, 0) is 11.3 Å². The molecule has 0 spiro atoms. The van der Waals surface area contributed by atoms with Gasteiger partial charge in [-0.15, -0.1) is 0 Å². The summed E-state index contributed by atoms with van der Waals surface area (Å²) in [6, 6.07) is 13.2. The molecular formula is C15H16N2O2. The Bertz CT molecular complexity index is 565. The van der Waals surface area contributed by atoms with E-state index in [-0.39, 0.29) is 5.90 Å². The van der Waals surface area contributed by atoms with E-state index < -0.39 is 0 Å². The molecule has 1 aromatic heterocycles. The van der Waals surface area contributed by atoms with E-state index in [4.69, 9.17) is 14.9 Å². The summed E-state index contributed by atoms with van der Waals surface area (Å²) in [6.07, 6.45) is 0. The minimum atomic E-state index is 0.160. The quantitative estimate of drug-likeness (QED) is 0.676. The Morgan fingerprint density at radius 3 is 2.53 bits per heavy atom. The summed E-state index contributed by atoms with van der Waals surface area (Å²) in [5, 5.41) is 7.55. The molecule has 2 aromatic rings. The highest BCUT2D eigenvalue weighted by Crippen LogP contribution is 2.11. The van der Waals surface area contributed by atoms with Crippen LogP contribution in [0.2, 0.25) is 0 Å². The normalized spacial score (nSPS) is 10.0. The molecule has 0 radical (unpaired) electrons. The van der Waals surface area contributed by atoms with Gasteiger partial charge in [-0.3, -0.25) is 5.41 Å². The lowest BCUT2D eigenvalue weighted by atomic mass is 10.1. The third kappa shape index (κ3) is 3.55. The molecule has 1 aromatic carbocycles. The van der Waals surface area contributed by atoms with Gasteiger partial charge in [0.1, 0.15) is 6.61 Å². The predicted molar refractivity (Wildman–Crippen MR) is 73.6 cm³/mol. The average molecular weight is 256 g/mol. The highest BCUT2D eigenvalue weighted by atomic mass is 16.5. The van der Waals surface area contributed by atoms with Crippen molar-refractivity contribution in [2.24, 2.45) is 0 Å². The maximum absolute atomic E-state index is 7.55. The van der Waals surface area contributed by atoms with Gasteiger partial charge in [0.2, 0.25) is 11.8 Å².